The van der Waals surface area contributed by atoms with Crippen molar-refractivity contribution in [3.05, 3.63) is 64.2 Å². The second kappa shape index (κ2) is 10.2. The van der Waals surface area contributed by atoms with E-state index < -0.39 is 0 Å². The molecule has 0 bridgehead atoms. The molecule has 0 saturated carbocycles. The Balaban J connectivity index is 2.05. The van der Waals surface area contributed by atoms with Crippen molar-refractivity contribution < 1.29 is 5.11 Å². The molecule has 0 spiro atoms. The Morgan fingerprint density at radius 2 is 1.97 bits per heavy atom. The second-order valence-electron chi connectivity index (χ2n) is 7.61. The van der Waals surface area contributed by atoms with Gasteiger partial charge in [0.1, 0.15) is 0 Å². The highest BCUT2D eigenvalue weighted by Crippen LogP contribution is 2.24. The number of rotatable bonds is 11. The Bertz CT molecular complexity index is 1030. The van der Waals surface area contributed by atoms with Crippen molar-refractivity contribution in [2.24, 2.45) is 5.92 Å². The van der Waals surface area contributed by atoms with Crippen molar-refractivity contribution in [2.45, 2.75) is 46.0 Å². The van der Waals surface area contributed by atoms with Crippen LogP contribution in [0.3, 0.4) is 0 Å². The molecule has 0 radical (unpaired) electrons. The van der Waals surface area contributed by atoms with Crippen molar-refractivity contribution >= 4 is 17.2 Å². The predicted molar refractivity (Wildman–Crippen MR) is 121 cm³/mol. The quantitative estimate of drug-likeness (QED) is 0.420. The van der Waals surface area contributed by atoms with E-state index in [0.717, 1.165) is 30.4 Å². The van der Waals surface area contributed by atoms with E-state index >= 15 is 0 Å². The molecular weight excluding hydrogens is 378 g/mol. The van der Waals surface area contributed by atoms with E-state index in [0.29, 0.717) is 48.3 Å². The van der Waals surface area contributed by atoms with Gasteiger partial charge in [0.25, 0.3) is 5.56 Å². The number of fused-ring (bicyclic) bond motifs is 1. The number of aromatic amines is 1. The third-order valence-electron chi connectivity index (χ3n) is 5.45. The SMILES string of the molecule is C=C(CC(CC)CC)c1nc(NCCCO)n2[nH]c(=O)c(Cc3ccccc3)c2n1. The minimum absolute atomic E-state index is 0.0803. The van der Waals surface area contributed by atoms with Gasteiger partial charge in [-0.3, -0.25) is 9.89 Å². The summed E-state index contributed by atoms with van der Waals surface area (Å²) in [7, 11) is 0. The van der Waals surface area contributed by atoms with Crippen LogP contribution in [0.25, 0.3) is 11.2 Å². The molecular formula is C23H31N5O2. The summed E-state index contributed by atoms with van der Waals surface area (Å²) in [5.41, 5.74) is 2.90. The van der Waals surface area contributed by atoms with Gasteiger partial charge in [0.2, 0.25) is 5.95 Å². The van der Waals surface area contributed by atoms with Crippen LogP contribution >= 0.6 is 0 Å². The second-order valence-corrected chi connectivity index (χ2v) is 7.61. The fourth-order valence-electron chi connectivity index (χ4n) is 3.54. The highest BCUT2D eigenvalue weighted by Gasteiger charge is 2.18. The summed E-state index contributed by atoms with van der Waals surface area (Å²) in [5, 5.41) is 15.2. The molecule has 3 aromatic rings. The fourth-order valence-corrected chi connectivity index (χ4v) is 3.54. The number of anilines is 1. The van der Waals surface area contributed by atoms with Crippen LogP contribution in [0.2, 0.25) is 0 Å². The number of aliphatic hydroxyl groups is 1. The minimum Gasteiger partial charge on any atom is -0.396 e. The van der Waals surface area contributed by atoms with Crippen molar-refractivity contribution in [3.8, 4) is 0 Å². The van der Waals surface area contributed by atoms with E-state index in [1.54, 1.807) is 4.52 Å². The molecule has 0 saturated heterocycles. The number of hydrogen-bond donors (Lipinski definition) is 3. The first-order valence-corrected chi connectivity index (χ1v) is 10.7. The molecule has 0 aliphatic carbocycles. The zero-order valence-corrected chi connectivity index (χ0v) is 17.8. The molecule has 2 aromatic heterocycles. The van der Waals surface area contributed by atoms with Crippen LogP contribution in [0.1, 0.15) is 56.5 Å². The summed E-state index contributed by atoms with van der Waals surface area (Å²) in [6, 6.07) is 9.87. The van der Waals surface area contributed by atoms with Crippen molar-refractivity contribution in [1.82, 2.24) is 19.6 Å². The van der Waals surface area contributed by atoms with Crippen LogP contribution < -0.4 is 10.9 Å². The number of nitrogens with one attached hydrogen (secondary N) is 2. The van der Waals surface area contributed by atoms with Crippen molar-refractivity contribution in [2.75, 3.05) is 18.5 Å². The number of nitrogens with zero attached hydrogens (tertiary/aromatic N) is 3. The van der Waals surface area contributed by atoms with Crippen LogP contribution in [0.4, 0.5) is 5.95 Å². The number of H-pyrrole nitrogens is 1. The summed E-state index contributed by atoms with van der Waals surface area (Å²) < 4.78 is 1.60. The monoisotopic (exact) mass is 409 g/mol. The number of aliphatic hydroxyl groups excluding tert-OH is 1. The van der Waals surface area contributed by atoms with Gasteiger partial charge in [-0.15, -0.1) is 0 Å². The van der Waals surface area contributed by atoms with E-state index in [2.05, 4.69) is 35.8 Å². The van der Waals surface area contributed by atoms with Crippen LogP contribution in [0, 0.1) is 5.92 Å². The Morgan fingerprint density at radius 1 is 1.23 bits per heavy atom. The van der Waals surface area contributed by atoms with Gasteiger partial charge < -0.3 is 10.4 Å². The molecule has 0 aliphatic heterocycles. The van der Waals surface area contributed by atoms with Gasteiger partial charge in [-0.1, -0.05) is 63.6 Å². The maximum atomic E-state index is 12.7. The number of hydrogen-bond acceptors (Lipinski definition) is 5. The topological polar surface area (TPSA) is 95.3 Å². The highest BCUT2D eigenvalue weighted by molar-refractivity contribution is 5.62. The van der Waals surface area contributed by atoms with Crippen LogP contribution in [0.15, 0.2) is 41.7 Å². The first-order chi connectivity index (χ1) is 14.6. The van der Waals surface area contributed by atoms with Gasteiger partial charge in [-0.05, 0) is 29.9 Å². The number of aromatic nitrogens is 4. The first-order valence-electron chi connectivity index (χ1n) is 10.7. The van der Waals surface area contributed by atoms with Crippen LogP contribution in [-0.4, -0.2) is 37.8 Å². The lowest BCUT2D eigenvalue weighted by Crippen LogP contribution is -2.13. The molecule has 1 aromatic carbocycles. The van der Waals surface area contributed by atoms with Crippen molar-refractivity contribution in [3.63, 3.8) is 0 Å². The van der Waals surface area contributed by atoms with E-state index in [1.807, 2.05) is 30.3 Å². The molecule has 3 rings (SSSR count). The third-order valence-corrected chi connectivity index (χ3v) is 5.45. The molecule has 0 fully saturated rings. The number of benzene rings is 1. The smallest absolute Gasteiger partial charge is 0.270 e. The van der Waals surface area contributed by atoms with Crippen LogP contribution in [-0.2, 0) is 6.42 Å². The summed E-state index contributed by atoms with van der Waals surface area (Å²) in [6.07, 6.45) is 4.03. The van der Waals surface area contributed by atoms with Gasteiger partial charge in [0, 0.05) is 19.6 Å². The third kappa shape index (κ3) is 4.97. The highest BCUT2D eigenvalue weighted by atomic mass is 16.3. The zero-order chi connectivity index (χ0) is 21.5. The maximum absolute atomic E-state index is 12.7. The Hall–Kier alpha value is -2.93. The van der Waals surface area contributed by atoms with E-state index in [9.17, 15) is 4.79 Å². The average molecular weight is 410 g/mol. The van der Waals surface area contributed by atoms with E-state index in [-0.39, 0.29) is 12.2 Å². The zero-order valence-electron chi connectivity index (χ0n) is 17.8. The predicted octanol–water partition coefficient (Wildman–Crippen LogP) is 3.64. The Labute approximate surface area is 176 Å². The Morgan fingerprint density at radius 3 is 2.63 bits per heavy atom. The minimum atomic E-state index is -0.180. The molecule has 0 aliphatic rings. The van der Waals surface area contributed by atoms with Gasteiger partial charge in [-0.25, -0.2) is 9.50 Å². The van der Waals surface area contributed by atoms with Gasteiger partial charge in [0.15, 0.2) is 11.5 Å². The molecule has 0 atom stereocenters. The molecule has 3 N–H and O–H groups in total. The molecule has 0 amide bonds. The van der Waals surface area contributed by atoms with E-state index in [1.165, 1.54) is 0 Å². The molecule has 7 nitrogen and oxygen atoms in total. The molecule has 2 heterocycles. The van der Waals surface area contributed by atoms with Crippen molar-refractivity contribution in [1.29, 1.82) is 0 Å². The van der Waals surface area contributed by atoms with Gasteiger partial charge >= 0.3 is 0 Å². The largest absolute Gasteiger partial charge is 0.396 e. The van der Waals surface area contributed by atoms with Gasteiger partial charge in [-0.2, -0.15) is 4.98 Å². The average Bonchev–Trinajstić information content (AvgIpc) is 3.08. The lowest BCUT2D eigenvalue weighted by molar-refractivity contribution is 0.292. The summed E-state index contributed by atoms with van der Waals surface area (Å²) in [6.45, 7) is 9.21. The normalized spacial score (nSPS) is 11.3. The van der Waals surface area contributed by atoms with Crippen LogP contribution in [0.5, 0.6) is 0 Å². The fraction of sp³-hybridized carbons (Fsp3) is 0.435. The number of allylic oxidation sites excluding steroid dienone is 1. The molecule has 30 heavy (non-hydrogen) atoms. The molecule has 160 valence electrons. The lowest BCUT2D eigenvalue weighted by Gasteiger charge is -2.15. The first kappa shape index (κ1) is 21.8. The Kier molecular flexibility index (Phi) is 7.41. The maximum Gasteiger partial charge on any atom is 0.270 e. The summed E-state index contributed by atoms with van der Waals surface area (Å²) in [4.78, 5) is 22.1. The molecule has 0 unspecified atom stereocenters. The lowest BCUT2D eigenvalue weighted by atomic mass is 9.95. The summed E-state index contributed by atoms with van der Waals surface area (Å²) >= 11 is 0. The summed E-state index contributed by atoms with van der Waals surface area (Å²) in [5.74, 6) is 1.59. The standard InChI is InChI=1S/C23H31N5O2/c1-4-17(5-2)14-16(3)20-25-21-19(15-18-10-7-6-8-11-18)22(30)27-28(21)23(26-20)24-12-9-13-29/h6-8,10-11,17,29H,3-5,9,12-15H2,1-2H3,(H,27,30)(H,24,25,26). The molecule has 7 heteroatoms. The van der Waals surface area contributed by atoms with E-state index in [4.69, 9.17) is 10.1 Å². The van der Waals surface area contributed by atoms with Gasteiger partial charge in [0.05, 0.1) is 5.56 Å².